The lowest BCUT2D eigenvalue weighted by Crippen LogP contribution is -2.16. The molecule has 0 fully saturated rings. The normalized spacial score (nSPS) is 10.9. The Morgan fingerprint density at radius 1 is 0.686 bits per heavy atom. The van der Waals surface area contributed by atoms with Crippen molar-refractivity contribution in [2.24, 2.45) is 0 Å². The predicted molar refractivity (Wildman–Crippen MR) is 137 cm³/mol. The average Bonchev–Trinajstić information content (AvgIpc) is 2.89. The van der Waals surface area contributed by atoms with Crippen molar-refractivity contribution in [2.45, 2.75) is 4.90 Å². The van der Waals surface area contributed by atoms with Gasteiger partial charge in [-0.3, -0.25) is 9.52 Å². The van der Waals surface area contributed by atoms with Crippen LogP contribution < -0.4 is 19.5 Å². The first-order valence-corrected chi connectivity index (χ1v) is 12.2. The number of methoxy groups -OCH3 is 2. The van der Waals surface area contributed by atoms with Crippen LogP contribution in [0.5, 0.6) is 11.5 Å². The van der Waals surface area contributed by atoms with Crippen LogP contribution in [0.2, 0.25) is 0 Å². The minimum Gasteiger partial charge on any atom is -0.495 e. The number of hydrogen-bond acceptors (Lipinski definition) is 5. The SMILES string of the molecule is COc1ccc(S(=O)(=O)Nc2ccccc2OC)cc1NC(=O)c1ccc(-c2ccccc2)cc1. The molecule has 0 aliphatic carbocycles. The standard InChI is InChI=1S/C27H24N2O5S/c1-33-25-11-7-6-10-23(25)29-35(31,32)22-16-17-26(34-2)24(18-22)28-27(30)21-14-12-20(13-15-21)19-8-4-3-5-9-19/h3-18,29H,1-2H3,(H,28,30). The second-order valence-corrected chi connectivity index (χ2v) is 9.25. The quantitative estimate of drug-likeness (QED) is 0.345. The number of nitrogens with one attached hydrogen (secondary N) is 2. The summed E-state index contributed by atoms with van der Waals surface area (Å²) in [4.78, 5) is 12.9. The van der Waals surface area contributed by atoms with Gasteiger partial charge in [0.05, 0.1) is 30.5 Å². The van der Waals surface area contributed by atoms with Crippen molar-refractivity contribution in [3.05, 3.63) is 103 Å². The van der Waals surface area contributed by atoms with E-state index >= 15 is 0 Å². The lowest BCUT2D eigenvalue weighted by molar-refractivity contribution is 0.102. The van der Waals surface area contributed by atoms with E-state index in [0.717, 1.165) is 11.1 Å². The van der Waals surface area contributed by atoms with E-state index < -0.39 is 15.9 Å². The second-order valence-electron chi connectivity index (χ2n) is 7.57. The lowest BCUT2D eigenvalue weighted by atomic mass is 10.0. The van der Waals surface area contributed by atoms with Crippen molar-refractivity contribution in [1.29, 1.82) is 0 Å². The molecule has 0 radical (unpaired) electrons. The highest BCUT2D eigenvalue weighted by molar-refractivity contribution is 7.92. The number of benzene rings is 4. The Balaban J connectivity index is 1.57. The molecule has 2 N–H and O–H groups in total. The highest BCUT2D eigenvalue weighted by Crippen LogP contribution is 2.31. The topological polar surface area (TPSA) is 93.7 Å². The van der Waals surface area contributed by atoms with Crippen LogP contribution in [0.4, 0.5) is 11.4 Å². The number of amides is 1. The number of carbonyl (C=O) groups excluding carboxylic acids is 1. The molecule has 0 unspecified atom stereocenters. The summed E-state index contributed by atoms with van der Waals surface area (Å²) in [6.07, 6.45) is 0. The Hall–Kier alpha value is -4.30. The third-order valence-electron chi connectivity index (χ3n) is 5.33. The van der Waals surface area contributed by atoms with Gasteiger partial charge in [0, 0.05) is 5.56 Å². The minimum atomic E-state index is -3.97. The molecular formula is C27H24N2O5S. The first-order chi connectivity index (χ1) is 16.9. The van der Waals surface area contributed by atoms with Crippen molar-refractivity contribution in [3.8, 4) is 22.6 Å². The van der Waals surface area contributed by atoms with E-state index in [2.05, 4.69) is 10.0 Å². The molecule has 0 spiro atoms. The van der Waals surface area contributed by atoms with Crippen molar-refractivity contribution >= 4 is 27.3 Å². The summed E-state index contributed by atoms with van der Waals surface area (Å²) in [6, 6.07) is 27.9. The van der Waals surface area contributed by atoms with Crippen molar-refractivity contribution in [3.63, 3.8) is 0 Å². The third kappa shape index (κ3) is 5.44. The van der Waals surface area contributed by atoms with Gasteiger partial charge in [-0.15, -0.1) is 0 Å². The van der Waals surface area contributed by atoms with Crippen LogP contribution in [-0.4, -0.2) is 28.5 Å². The summed E-state index contributed by atoms with van der Waals surface area (Å²) in [7, 11) is -1.06. The fraction of sp³-hybridized carbons (Fsp3) is 0.0741. The summed E-state index contributed by atoms with van der Waals surface area (Å²) in [5, 5.41) is 2.76. The van der Waals surface area contributed by atoms with E-state index in [4.69, 9.17) is 9.47 Å². The number of para-hydroxylation sites is 2. The minimum absolute atomic E-state index is 0.0427. The summed E-state index contributed by atoms with van der Waals surface area (Å²) in [6.45, 7) is 0. The van der Waals surface area contributed by atoms with Gasteiger partial charge < -0.3 is 14.8 Å². The van der Waals surface area contributed by atoms with Gasteiger partial charge in [0.25, 0.3) is 15.9 Å². The van der Waals surface area contributed by atoms with Gasteiger partial charge in [-0.05, 0) is 53.6 Å². The Kier molecular flexibility index (Phi) is 7.03. The van der Waals surface area contributed by atoms with Crippen LogP contribution in [-0.2, 0) is 10.0 Å². The number of anilines is 2. The fourth-order valence-electron chi connectivity index (χ4n) is 3.52. The van der Waals surface area contributed by atoms with Gasteiger partial charge in [-0.1, -0.05) is 54.6 Å². The Morgan fingerprint density at radius 2 is 1.29 bits per heavy atom. The molecule has 0 atom stereocenters. The highest BCUT2D eigenvalue weighted by Gasteiger charge is 2.20. The molecule has 8 heteroatoms. The summed E-state index contributed by atoms with van der Waals surface area (Å²) < 4.78 is 39.1. The van der Waals surface area contributed by atoms with Gasteiger partial charge in [-0.25, -0.2) is 8.42 Å². The molecule has 0 saturated heterocycles. The molecule has 0 heterocycles. The van der Waals surface area contributed by atoms with Gasteiger partial charge >= 0.3 is 0 Å². The van der Waals surface area contributed by atoms with E-state index in [9.17, 15) is 13.2 Å². The molecule has 35 heavy (non-hydrogen) atoms. The predicted octanol–water partition coefficient (Wildman–Crippen LogP) is 5.42. The van der Waals surface area contributed by atoms with E-state index in [1.54, 1.807) is 36.4 Å². The molecule has 7 nitrogen and oxygen atoms in total. The molecule has 178 valence electrons. The molecule has 4 aromatic carbocycles. The molecule has 0 aliphatic rings. The molecule has 0 aromatic heterocycles. The van der Waals surface area contributed by atoms with Crippen molar-refractivity contribution in [2.75, 3.05) is 24.3 Å². The fourth-order valence-corrected chi connectivity index (χ4v) is 4.62. The maximum atomic E-state index is 13.0. The van der Waals surface area contributed by atoms with Gasteiger partial charge in [-0.2, -0.15) is 0 Å². The zero-order valence-electron chi connectivity index (χ0n) is 19.2. The van der Waals surface area contributed by atoms with Crippen LogP contribution >= 0.6 is 0 Å². The summed E-state index contributed by atoms with van der Waals surface area (Å²) in [5.41, 5.74) is 2.98. The first kappa shape index (κ1) is 23.8. The zero-order valence-corrected chi connectivity index (χ0v) is 20.0. The maximum Gasteiger partial charge on any atom is 0.262 e. The Morgan fingerprint density at radius 3 is 1.97 bits per heavy atom. The zero-order chi connectivity index (χ0) is 24.8. The average molecular weight is 489 g/mol. The largest absolute Gasteiger partial charge is 0.495 e. The lowest BCUT2D eigenvalue weighted by Gasteiger charge is -2.15. The Labute approximate surface area is 204 Å². The van der Waals surface area contributed by atoms with Crippen molar-refractivity contribution < 1.29 is 22.7 Å². The summed E-state index contributed by atoms with van der Waals surface area (Å²) in [5.74, 6) is 0.322. The molecular weight excluding hydrogens is 464 g/mol. The van der Waals surface area contributed by atoms with Crippen LogP contribution in [0, 0.1) is 0 Å². The van der Waals surface area contributed by atoms with E-state index in [1.165, 1.54) is 32.4 Å². The number of hydrogen-bond donors (Lipinski definition) is 2. The van der Waals surface area contributed by atoms with Crippen LogP contribution in [0.3, 0.4) is 0 Å². The summed E-state index contributed by atoms with van der Waals surface area (Å²) >= 11 is 0. The molecule has 4 aromatic rings. The molecule has 0 bridgehead atoms. The highest BCUT2D eigenvalue weighted by atomic mass is 32.2. The van der Waals surface area contributed by atoms with Crippen LogP contribution in [0.1, 0.15) is 10.4 Å². The number of ether oxygens (including phenoxy) is 2. The second kappa shape index (κ2) is 10.3. The number of rotatable bonds is 8. The number of carbonyl (C=O) groups is 1. The molecule has 4 rings (SSSR count). The van der Waals surface area contributed by atoms with Gasteiger partial charge in [0.15, 0.2) is 0 Å². The monoisotopic (exact) mass is 488 g/mol. The molecule has 0 saturated carbocycles. The van der Waals surface area contributed by atoms with Gasteiger partial charge in [0.1, 0.15) is 11.5 Å². The smallest absolute Gasteiger partial charge is 0.262 e. The maximum absolute atomic E-state index is 13.0. The molecule has 0 aliphatic heterocycles. The van der Waals surface area contributed by atoms with Gasteiger partial charge in [0.2, 0.25) is 0 Å². The third-order valence-corrected chi connectivity index (χ3v) is 6.70. The first-order valence-electron chi connectivity index (χ1n) is 10.7. The van der Waals surface area contributed by atoms with E-state index in [0.29, 0.717) is 22.7 Å². The number of sulfonamides is 1. The Bertz CT molecular complexity index is 1440. The van der Waals surface area contributed by atoms with E-state index in [1.807, 2.05) is 42.5 Å². The molecule has 1 amide bonds. The van der Waals surface area contributed by atoms with Crippen molar-refractivity contribution in [1.82, 2.24) is 0 Å². The van der Waals surface area contributed by atoms with E-state index in [-0.39, 0.29) is 10.6 Å². The van der Waals surface area contributed by atoms with Crippen LogP contribution in [0.25, 0.3) is 11.1 Å². The van der Waals surface area contributed by atoms with Crippen LogP contribution in [0.15, 0.2) is 102 Å².